The summed E-state index contributed by atoms with van der Waals surface area (Å²) in [6.45, 7) is 8.10. The molecule has 20 heavy (non-hydrogen) atoms. The second-order valence-electron chi connectivity index (χ2n) is 6.38. The van der Waals surface area contributed by atoms with Crippen LogP contribution in [0.15, 0.2) is 4.99 Å². The van der Waals surface area contributed by atoms with Gasteiger partial charge in [0.25, 0.3) is 0 Å². The van der Waals surface area contributed by atoms with E-state index in [9.17, 15) is 4.79 Å². The summed E-state index contributed by atoms with van der Waals surface area (Å²) in [5.41, 5.74) is 0. The van der Waals surface area contributed by atoms with Crippen LogP contribution >= 0.6 is 0 Å². The van der Waals surface area contributed by atoms with Crippen LogP contribution in [-0.2, 0) is 4.79 Å². The Bertz CT molecular complexity index is 310. The highest BCUT2D eigenvalue weighted by Gasteiger charge is 2.19. The van der Waals surface area contributed by atoms with Crippen molar-refractivity contribution in [3.63, 3.8) is 0 Å². The molecule has 0 aromatic rings. The average molecular weight is 280 g/mol. The molecule has 116 valence electrons. The molecular weight excluding hydrogens is 248 g/mol. The molecule has 0 atom stereocenters. The summed E-state index contributed by atoms with van der Waals surface area (Å²) in [7, 11) is 0. The number of carbonyl (C=O) groups excluding carboxylic acids is 1. The van der Waals surface area contributed by atoms with Crippen molar-refractivity contribution < 1.29 is 4.79 Å². The Morgan fingerprint density at radius 3 is 2.25 bits per heavy atom. The van der Waals surface area contributed by atoms with Crippen LogP contribution in [0.5, 0.6) is 0 Å². The van der Waals surface area contributed by atoms with Gasteiger partial charge in [0.1, 0.15) is 5.84 Å². The maximum atomic E-state index is 11.9. The quantitative estimate of drug-likeness (QED) is 0.545. The first kappa shape index (κ1) is 17.2. The summed E-state index contributed by atoms with van der Waals surface area (Å²) in [6, 6.07) is 0. The van der Waals surface area contributed by atoms with E-state index in [1.807, 2.05) is 11.8 Å². The van der Waals surface area contributed by atoms with Crippen molar-refractivity contribution in [1.29, 1.82) is 0 Å². The van der Waals surface area contributed by atoms with Gasteiger partial charge < -0.3 is 0 Å². The number of amides is 1. The second kappa shape index (κ2) is 9.95. The summed E-state index contributed by atoms with van der Waals surface area (Å²) in [6.07, 6.45) is 11.0. The smallest absolute Gasteiger partial charge is 0.227 e. The largest absolute Gasteiger partial charge is 0.299 e. The van der Waals surface area contributed by atoms with Gasteiger partial charge in [0.05, 0.1) is 6.54 Å². The van der Waals surface area contributed by atoms with Gasteiger partial charge in [-0.1, -0.05) is 58.8 Å². The molecule has 0 aromatic heterocycles. The van der Waals surface area contributed by atoms with E-state index in [1.54, 1.807) is 0 Å². The molecule has 1 aliphatic rings. The van der Waals surface area contributed by atoms with Crippen LogP contribution in [0.4, 0.5) is 0 Å². The molecule has 1 aliphatic heterocycles. The minimum absolute atomic E-state index is 0.265. The van der Waals surface area contributed by atoms with Crippen LogP contribution in [0.2, 0.25) is 0 Å². The number of nitrogens with zero attached hydrogens (tertiary/aromatic N) is 2. The van der Waals surface area contributed by atoms with Gasteiger partial charge in [-0.25, -0.2) is 0 Å². The molecule has 0 aromatic carbocycles. The minimum atomic E-state index is 0.265. The zero-order valence-electron chi connectivity index (χ0n) is 13.7. The Kier molecular flexibility index (Phi) is 8.56. The molecule has 1 rings (SSSR count). The number of hydrogen-bond acceptors (Lipinski definition) is 2. The first-order valence-corrected chi connectivity index (χ1v) is 8.42. The zero-order valence-corrected chi connectivity index (χ0v) is 13.7. The maximum absolute atomic E-state index is 11.9. The zero-order chi connectivity index (χ0) is 14.8. The molecule has 0 bridgehead atoms. The summed E-state index contributed by atoms with van der Waals surface area (Å²) < 4.78 is 0. The van der Waals surface area contributed by atoms with E-state index < -0.39 is 0 Å². The Hall–Kier alpha value is -0.860. The van der Waals surface area contributed by atoms with Crippen molar-refractivity contribution in [3.8, 4) is 0 Å². The molecule has 1 amide bonds. The first-order valence-electron chi connectivity index (χ1n) is 8.42. The van der Waals surface area contributed by atoms with Crippen molar-refractivity contribution in [2.24, 2.45) is 10.9 Å². The number of aliphatic imine (C=N–C) groups is 1. The molecule has 0 spiro atoms. The van der Waals surface area contributed by atoms with E-state index >= 15 is 0 Å². The molecule has 0 radical (unpaired) electrons. The van der Waals surface area contributed by atoms with Crippen molar-refractivity contribution in [2.45, 2.75) is 78.6 Å². The molecule has 0 fully saturated rings. The lowest BCUT2D eigenvalue weighted by Gasteiger charge is -2.15. The van der Waals surface area contributed by atoms with Gasteiger partial charge in [0.15, 0.2) is 0 Å². The predicted octanol–water partition coefficient (Wildman–Crippen LogP) is 4.41. The van der Waals surface area contributed by atoms with E-state index in [0.29, 0.717) is 6.42 Å². The number of rotatable bonds is 10. The molecule has 3 nitrogen and oxygen atoms in total. The average Bonchev–Trinajstić information content (AvgIpc) is 2.82. The topological polar surface area (TPSA) is 32.7 Å². The molecule has 0 unspecified atom stereocenters. The highest BCUT2D eigenvalue weighted by molar-refractivity contribution is 5.98. The summed E-state index contributed by atoms with van der Waals surface area (Å²) >= 11 is 0. The highest BCUT2D eigenvalue weighted by atomic mass is 16.2. The van der Waals surface area contributed by atoms with Gasteiger partial charge in [-0.3, -0.25) is 14.7 Å². The lowest BCUT2D eigenvalue weighted by Crippen LogP contribution is -2.32. The maximum Gasteiger partial charge on any atom is 0.227 e. The Balaban J connectivity index is 1.90. The molecule has 1 heterocycles. The lowest BCUT2D eigenvalue weighted by atomic mass is 10.0. The summed E-state index contributed by atoms with van der Waals surface area (Å²) in [5, 5.41) is 0. The molecular formula is C17H32N2O. The lowest BCUT2D eigenvalue weighted by molar-refractivity contribution is -0.127. The first-order chi connectivity index (χ1) is 9.61. The van der Waals surface area contributed by atoms with Gasteiger partial charge in [-0.05, 0) is 19.3 Å². The fraction of sp³-hybridized carbons (Fsp3) is 0.882. The Morgan fingerprint density at radius 2 is 1.70 bits per heavy atom. The van der Waals surface area contributed by atoms with Crippen LogP contribution in [-0.4, -0.2) is 29.7 Å². The van der Waals surface area contributed by atoms with Crippen LogP contribution in [0.1, 0.15) is 78.6 Å². The standard InChI is InChI=1S/C17H32N2O/c1-15(2)11-9-7-5-4-6-8-10-12-17(20)19-14-13-18-16(19)3/h15H,4-14H2,1-3H3. The van der Waals surface area contributed by atoms with E-state index in [1.165, 1.54) is 44.9 Å². The van der Waals surface area contributed by atoms with Gasteiger partial charge in [-0.15, -0.1) is 0 Å². The predicted molar refractivity (Wildman–Crippen MR) is 86.1 cm³/mol. The third-order valence-electron chi connectivity index (χ3n) is 4.03. The summed E-state index contributed by atoms with van der Waals surface area (Å²) in [4.78, 5) is 18.0. The minimum Gasteiger partial charge on any atom is -0.299 e. The molecule has 0 saturated heterocycles. The van der Waals surface area contributed by atoms with E-state index in [4.69, 9.17) is 0 Å². The highest BCUT2D eigenvalue weighted by Crippen LogP contribution is 2.13. The van der Waals surface area contributed by atoms with Crippen molar-refractivity contribution in [3.05, 3.63) is 0 Å². The number of unbranched alkanes of at least 4 members (excludes halogenated alkanes) is 6. The Labute approximate surface area is 124 Å². The Morgan fingerprint density at radius 1 is 1.10 bits per heavy atom. The third kappa shape index (κ3) is 7.06. The van der Waals surface area contributed by atoms with E-state index in [-0.39, 0.29) is 5.91 Å². The molecule has 0 aliphatic carbocycles. The second-order valence-corrected chi connectivity index (χ2v) is 6.38. The number of amidine groups is 1. The van der Waals surface area contributed by atoms with E-state index in [0.717, 1.165) is 31.3 Å². The van der Waals surface area contributed by atoms with Crippen LogP contribution in [0, 0.1) is 5.92 Å². The molecule has 0 N–H and O–H groups in total. The van der Waals surface area contributed by atoms with Crippen molar-refractivity contribution in [2.75, 3.05) is 13.1 Å². The molecule has 0 saturated carbocycles. The number of hydrogen-bond donors (Lipinski definition) is 0. The van der Waals surface area contributed by atoms with Gasteiger partial charge in [-0.2, -0.15) is 0 Å². The normalized spacial score (nSPS) is 15.0. The van der Waals surface area contributed by atoms with Crippen LogP contribution in [0.3, 0.4) is 0 Å². The summed E-state index contributed by atoms with van der Waals surface area (Å²) in [5.74, 6) is 2.01. The number of carbonyl (C=O) groups is 1. The fourth-order valence-electron chi connectivity index (χ4n) is 2.71. The molecule has 3 heteroatoms. The van der Waals surface area contributed by atoms with Gasteiger partial charge in [0, 0.05) is 13.0 Å². The van der Waals surface area contributed by atoms with Gasteiger partial charge >= 0.3 is 0 Å². The van der Waals surface area contributed by atoms with Crippen LogP contribution < -0.4 is 0 Å². The SMILES string of the molecule is CC1=NCCN1C(=O)CCCCCCCCCC(C)C. The fourth-order valence-corrected chi connectivity index (χ4v) is 2.71. The monoisotopic (exact) mass is 280 g/mol. The van der Waals surface area contributed by atoms with Crippen molar-refractivity contribution in [1.82, 2.24) is 4.90 Å². The third-order valence-corrected chi connectivity index (χ3v) is 4.03. The van der Waals surface area contributed by atoms with E-state index in [2.05, 4.69) is 18.8 Å². The van der Waals surface area contributed by atoms with Gasteiger partial charge in [0.2, 0.25) is 5.91 Å². The van der Waals surface area contributed by atoms with Crippen molar-refractivity contribution >= 4 is 11.7 Å². The van der Waals surface area contributed by atoms with Crippen LogP contribution in [0.25, 0.3) is 0 Å².